The lowest BCUT2D eigenvalue weighted by Crippen LogP contribution is -2.13. The molecule has 98 valence electrons. The molecule has 0 radical (unpaired) electrons. The number of carbonyl (C=O) groups excluding carboxylic acids is 1. The van der Waals surface area contributed by atoms with Gasteiger partial charge in [-0.1, -0.05) is 24.3 Å². The Balaban J connectivity index is 2.20. The third kappa shape index (κ3) is 3.36. The van der Waals surface area contributed by atoms with Crippen LogP contribution in [0, 0.1) is 0 Å². The minimum atomic E-state index is -0.139. The molecule has 0 aliphatic carbocycles. The third-order valence-electron chi connectivity index (χ3n) is 2.72. The minimum absolute atomic E-state index is 0.0366. The van der Waals surface area contributed by atoms with Crippen molar-refractivity contribution >= 4 is 23.4 Å². The molecular weight excluding hydrogens is 258 g/mol. The molecule has 0 aromatic heterocycles. The molecule has 0 unspecified atom stereocenters. The number of hydrogen-bond donors (Lipinski definition) is 2. The zero-order valence-corrected chi connectivity index (χ0v) is 11.4. The van der Waals surface area contributed by atoms with Crippen LogP contribution < -0.4 is 5.32 Å². The molecular formula is C15H15NO2S. The van der Waals surface area contributed by atoms with Gasteiger partial charge in [0.25, 0.3) is 5.91 Å². The van der Waals surface area contributed by atoms with Gasteiger partial charge in [0, 0.05) is 10.6 Å². The van der Waals surface area contributed by atoms with Gasteiger partial charge in [-0.3, -0.25) is 4.79 Å². The summed E-state index contributed by atoms with van der Waals surface area (Å²) < 4.78 is 0. The molecule has 0 heterocycles. The molecule has 0 saturated heterocycles. The van der Waals surface area contributed by atoms with Crippen LogP contribution in [0.3, 0.4) is 0 Å². The van der Waals surface area contributed by atoms with E-state index in [9.17, 15) is 4.79 Å². The predicted molar refractivity (Wildman–Crippen MR) is 78.5 cm³/mol. The highest BCUT2D eigenvalue weighted by molar-refractivity contribution is 7.98. The van der Waals surface area contributed by atoms with Gasteiger partial charge in [0.15, 0.2) is 0 Å². The monoisotopic (exact) mass is 273 g/mol. The number of benzene rings is 2. The average Bonchev–Trinajstić information content (AvgIpc) is 2.47. The van der Waals surface area contributed by atoms with Crippen molar-refractivity contribution in [1.29, 1.82) is 0 Å². The summed E-state index contributed by atoms with van der Waals surface area (Å²) in [7, 11) is 0. The Morgan fingerprint density at radius 2 is 2.00 bits per heavy atom. The van der Waals surface area contributed by atoms with Gasteiger partial charge in [0.2, 0.25) is 0 Å². The van der Waals surface area contributed by atoms with Crippen molar-refractivity contribution in [3.05, 3.63) is 59.7 Å². The van der Waals surface area contributed by atoms with Gasteiger partial charge in [-0.05, 0) is 36.1 Å². The second-order valence-electron chi connectivity index (χ2n) is 4.01. The summed E-state index contributed by atoms with van der Waals surface area (Å²) in [5.74, 6) is -0.139. The first-order valence-corrected chi connectivity index (χ1v) is 7.11. The maximum Gasteiger partial charge on any atom is 0.256 e. The van der Waals surface area contributed by atoms with E-state index in [2.05, 4.69) is 5.32 Å². The number of aliphatic hydroxyl groups excluding tert-OH is 1. The van der Waals surface area contributed by atoms with Gasteiger partial charge in [0.05, 0.1) is 12.2 Å². The fraction of sp³-hybridized carbons (Fsp3) is 0.133. The Morgan fingerprint density at radius 1 is 1.21 bits per heavy atom. The maximum atomic E-state index is 12.2. The van der Waals surface area contributed by atoms with Crippen LogP contribution in [0.25, 0.3) is 0 Å². The summed E-state index contributed by atoms with van der Waals surface area (Å²) in [5.41, 5.74) is 2.12. The number of anilines is 1. The Hall–Kier alpha value is -1.78. The standard InChI is InChI=1S/C15H15NO2S/c1-19-14-8-3-2-7-13(14)15(18)16-12-6-4-5-11(9-12)10-17/h2-9,17H,10H2,1H3,(H,16,18). The second-order valence-corrected chi connectivity index (χ2v) is 4.86. The molecule has 0 spiro atoms. The average molecular weight is 273 g/mol. The van der Waals surface area contributed by atoms with Crippen LogP contribution in [0.4, 0.5) is 5.69 Å². The molecule has 0 aliphatic rings. The van der Waals surface area contributed by atoms with E-state index >= 15 is 0 Å². The zero-order valence-electron chi connectivity index (χ0n) is 10.6. The van der Waals surface area contributed by atoms with E-state index < -0.39 is 0 Å². The number of nitrogens with one attached hydrogen (secondary N) is 1. The summed E-state index contributed by atoms with van der Waals surface area (Å²) in [6.07, 6.45) is 1.94. The van der Waals surface area contributed by atoms with E-state index in [1.54, 1.807) is 30.0 Å². The second kappa shape index (κ2) is 6.41. The highest BCUT2D eigenvalue weighted by Gasteiger charge is 2.10. The van der Waals surface area contributed by atoms with Crippen molar-refractivity contribution in [2.24, 2.45) is 0 Å². The summed E-state index contributed by atoms with van der Waals surface area (Å²) in [6, 6.07) is 14.7. The van der Waals surface area contributed by atoms with E-state index in [1.165, 1.54) is 0 Å². The van der Waals surface area contributed by atoms with Crippen LogP contribution in [0.2, 0.25) is 0 Å². The summed E-state index contributed by atoms with van der Waals surface area (Å²) in [4.78, 5) is 13.1. The molecule has 3 nitrogen and oxygen atoms in total. The molecule has 0 saturated carbocycles. The molecule has 1 amide bonds. The molecule has 0 aliphatic heterocycles. The molecule has 2 aromatic carbocycles. The first-order chi connectivity index (χ1) is 9.24. The van der Waals surface area contributed by atoms with Crippen molar-refractivity contribution in [2.75, 3.05) is 11.6 Å². The molecule has 4 heteroatoms. The van der Waals surface area contributed by atoms with Crippen LogP contribution in [0.5, 0.6) is 0 Å². The molecule has 0 fully saturated rings. The van der Waals surface area contributed by atoms with Gasteiger partial charge < -0.3 is 10.4 Å². The van der Waals surface area contributed by atoms with Gasteiger partial charge in [-0.15, -0.1) is 11.8 Å². The minimum Gasteiger partial charge on any atom is -0.392 e. The molecule has 2 N–H and O–H groups in total. The van der Waals surface area contributed by atoms with Crippen molar-refractivity contribution in [3.63, 3.8) is 0 Å². The van der Waals surface area contributed by atoms with Gasteiger partial charge in [0.1, 0.15) is 0 Å². The van der Waals surface area contributed by atoms with Crippen LogP contribution in [0.15, 0.2) is 53.4 Å². The lowest BCUT2D eigenvalue weighted by molar-refractivity contribution is 0.102. The number of amides is 1. The first-order valence-electron chi connectivity index (χ1n) is 5.88. The number of hydrogen-bond acceptors (Lipinski definition) is 3. The summed E-state index contributed by atoms with van der Waals surface area (Å²) in [6.45, 7) is -0.0366. The summed E-state index contributed by atoms with van der Waals surface area (Å²) >= 11 is 1.54. The van der Waals surface area contributed by atoms with Crippen LogP contribution >= 0.6 is 11.8 Å². The maximum absolute atomic E-state index is 12.2. The van der Waals surface area contributed by atoms with E-state index in [-0.39, 0.29) is 12.5 Å². The number of rotatable bonds is 4. The van der Waals surface area contributed by atoms with Gasteiger partial charge >= 0.3 is 0 Å². The Labute approximate surface area is 116 Å². The molecule has 19 heavy (non-hydrogen) atoms. The molecule has 0 bridgehead atoms. The highest BCUT2D eigenvalue weighted by atomic mass is 32.2. The van der Waals surface area contributed by atoms with Crippen LogP contribution in [0.1, 0.15) is 15.9 Å². The normalized spacial score (nSPS) is 10.2. The van der Waals surface area contributed by atoms with E-state index in [4.69, 9.17) is 5.11 Å². The third-order valence-corrected chi connectivity index (χ3v) is 3.51. The largest absolute Gasteiger partial charge is 0.392 e. The fourth-order valence-electron chi connectivity index (χ4n) is 1.78. The Morgan fingerprint density at radius 3 is 2.74 bits per heavy atom. The number of thioether (sulfide) groups is 1. The predicted octanol–water partition coefficient (Wildman–Crippen LogP) is 3.15. The van der Waals surface area contributed by atoms with E-state index in [0.717, 1.165) is 10.5 Å². The van der Waals surface area contributed by atoms with E-state index in [0.29, 0.717) is 11.3 Å². The smallest absolute Gasteiger partial charge is 0.256 e. The lowest BCUT2D eigenvalue weighted by Gasteiger charge is -2.09. The number of carbonyl (C=O) groups is 1. The first kappa shape index (κ1) is 13.6. The van der Waals surface area contributed by atoms with Crippen LogP contribution in [-0.4, -0.2) is 17.3 Å². The quantitative estimate of drug-likeness (QED) is 0.841. The van der Waals surface area contributed by atoms with Gasteiger partial charge in [-0.2, -0.15) is 0 Å². The van der Waals surface area contributed by atoms with E-state index in [1.807, 2.05) is 36.6 Å². The van der Waals surface area contributed by atoms with Crippen molar-refractivity contribution in [2.45, 2.75) is 11.5 Å². The van der Waals surface area contributed by atoms with Crippen molar-refractivity contribution in [3.8, 4) is 0 Å². The summed E-state index contributed by atoms with van der Waals surface area (Å²) in [5, 5.41) is 11.9. The number of aliphatic hydroxyl groups is 1. The topological polar surface area (TPSA) is 49.3 Å². The molecule has 2 aromatic rings. The Kier molecular flexibility index (Phi) is 4.60. The SMILES string of the molecule is CSc1ccccc1C(=O)Nc1cccc(CO)c1. The van der Waals surface area contributed by atoms with Crippen LogP contribution in [-0.2, 0) is 6.61 Å². The Bertz CT molecular complexity index is 584. The fourth-order valence-corrected chi connectivity index (χ4v) is 2.37. The van der Waals surface area contributed by atoms with Crippen molar-refractivity contribution in [1.82, 2.24) is 0 Å². The highest BCUT2D eigenvalue weighted by Crippen LogP contribution is 2.21. The molecule has 0 atom stereocenters. The lowest BCUT2D eigenvalue weighted by atomic mass is 10.2. The zero-order chi connectivity index (χ0) is 13.7. The van der Waals surface area contributed by atoms with Gasteiger partial charge in [-0.25, -0.2) is 0 Å². The van der Waals surface area contributed by atoms with Crippen molar-refractivity contribution < 1.29 is 9.90 Å². The molecule has 2 rings (SSSR count).